The predicted molar refractivity (Wildman–Crippen MR) is 95.0 cm³/mol. The summed E-state index contributed by atoms with van der Waals surface area (Å²) in [4.78, 5) is 12.3. The Labute approximate surface area is 145 Å². The number of ether oxygens (including phenoxy) is 1. The first-order valence-corrected chi connectivity index (χ1v) is 9.54. The van der Waals surface area contributed by atoms with Crippen LogP contribution >= 0.6 is 0 Å². The van der Waals surface area contributed by atoms with Gasteiger partial charge in [0.2, 0.25) is 0 Å². The van der Waals surface area contributed by atoms with E-state index in [1.165, 1.54) is 44.1 Å². The van der Waals surface area contributed by atoms with Gasteiger partial charge in [0.05, 0.1) is 11.7 Å². The Kier molecular flexibility index (Phi) is 4.16. The van der Waals surface area contributed by atoms with Crippen molar-refractivity contribution >= 4 is 5.91 Å². The van der Waals surface area contributed by atoms with Gasteiger partial charge in [0.15, 0.2) is 0 Å². The second kappa shape index (κ2) is 6.18. The Hall–Kier alpha value is -1.35. The minimum Gasteiger partial charge on any atom is -0.370 e. The normalized spacial score (nSPS) is 35.0. The lowest BCUT2D eigenvalue weighted by Crippen LogP contribution is -2.53. The van der Waals surface area contributed by atoms with Gasteiger partial charge in [-0.05, 0) is 82.3 Å². The molecule has 0 saturated heterocycles. The quantitative estimate of drug-likeness (QED) is 0.884. The fourth-order valence-corrected chi connectivity index (χ4v) is 5.69. The van der Waals surface area contributed by atoms with Crippen molar-refractivity contribution in [1.82, 2.24) is 5.32 Å². The van der Waals surface area contributed by atoms with E-state index in [2.05, 4.69) is 12.2 Å². The SMILES string of the molecule is Cc1ccc(C(=O)NC[C@H](C)OC23CC4CC(CC(C4)C2)C3)cc1. The highest BCUT2D eigenvalue weighted by Gasteiger charge is 2.52. The molecule has 1 amide bonds. The van der Waals surface area contributed by atoms with E-state index in [1.54, 1.807) is 0 Å². The molecule has 0 radical (unpaired) electrons. The summed E-state index contributed by atoms with van der Waals surface area (Å²) in [6, 6.07) is 7.72. The van der Waals surface area contributed by atoms with E-state index >= 15 is 0 Å². The molecule has 4 saturated carbocycles. The molecule has 1 N–H and O–H groups in total. The molecule has 0 unspecified atom stereocenters. The third-order valence-electron chi connectivity index (χ3n) is 6.30. The molecule has 1 atom stereocenters. The first-order chi connectivity index (χ1) is 11.5. The van der Waals surface area contributed by atoms with Gasteiger partial charge in [-0.25, -0.2) is 0 Å². The Morgan fingerprint density at radius 3 is 2.21 bits per heavy atom. The lowest BCUT2D eigenvalue weighted by atomic mass is 9.54. The predicted octanol–water partition coefficient (Wildman–Crippen LogP) is 4.10. The summed E-state index contributed by atoms with van der Waals surface area (Å²) in [6.45, 7) is 4.73. The van der Waals surface area contributed by atoms with Crippen LogP contribution in [0.25, 0.3) is 0 Å². The molecule has 5 rings (SSSR count). The molecular formula is C21H29NO2. The Balaban J connectivity index is 1.31. The smallest absolute Gasteiger partial charge is 0.251 e. The van der Waals surface area contributed by atoms with E-state index in [4.69, 9.17) is 4.74 Å². The Morgan fingerprint density at radius 1 is 1.12 bits per heavy atom. The van der Waals surface area contributed by atoms with Gasteiger partial charge in [-0.1, -0.05) is 17.7 Å². The van der Waals surface area contributed by atoms with Crippen molar-refractivity contribution in [3.63, 3.8) is 0 Å². The third-order valence-corrected chi connectivity index (χ3v) is 6.30. The molecule has 1 aromatic rings. The molecule has 4 aliphatic rings. The average molecular weight is 327 g/mol. The summed E-state index contributed by atoms with van der Waals surface area (Å²) in [5, 5.41) is 3.04. The van der Waals surface area contributed by atoms with E-state index in [-0.39, 0.29) is 17.6 Å². The van der Waals surface area contributed by atoms with Crippen LogP contribution in [0.5, 0.6) is 0 Å². The molecule has 1 aromatic carbocycles. The van der Waals surface area contributed by atoms with Gasteiger partial charge in [0.1, 0.15) is 0 Å². The highest BCUT2D eigenvalue weighted by molar-refractivity contribution is 5.94. The second-order valence-corrected chi connectivity index (χ2v) is 8.61. The van der Waals surface area contributed by atoms with Crippen LogP contribution in [0.15, 0.2) is 24.3 Å². The molecule has 0 heterocycles. The molecule has 0 aliphatic heterocycles. The summed E-state index contributed by atoms with van der Waals surface area (Å²) in [6.07, 6.45) is 8.11. The van der Waals surface area contributed by atoms with Gasteiger partial charge in [0, 0.05) is 12.1 Å². The van der Waals surface area contributed by atoms with Crippen molar-refractivity contribution in [3.8, 4) is 0 Å². The van der Waals surface area contributed by atoms with Crippen LogP contribution in [-0.4, -0.2) is 24.2 Å². The maximum atomic E-state index is 12.3. The largest absolute Gasteiger partial charge is 0.370 e. The molecule has 130 valence electrons. The average Bonchev–Trinajstić information content (AvgIpc) is 2.51. The molecule has 3 nitrogen and oxygen atoms in total. The highest BCUT2D eigenvalue weighted by Crippen LogP contribution is 2.57. The van der Waals surface area contributed by atoms with Gasteiger partial charge < -0.3 is 10.1 Å². The van der Waals surface area contributed by atoms with Crippen LogP contribution in [0.1, 0.15) is 61.4 Å². The van der Waals surface area contributed by atoms with Crippen molar-refractivity contribution in [2.45, 2.75) is 64.1 Å². The van der Waals surface area contributed by atoms with Crippen molar-refractivity contribution in [1.29, 1.82) is 0 Å². The fraction of sp³-hybridized carbons (Fsp3) is 0.667. The van der Waals surface area contributed by atoms with Crippen molar-refractivity contribution < 1.29 is 9.53 Å². The van der Waals surface area contributed by atoms with Gasteiger partial charge in [-0.2, -0.15) is 0 Å². The van der Waals surface area contributed by atoms with E-state index in [9.17, 15) is 4.79 Å². The van der Waals surface area contributed by atoms with Gasteiger partial charge in [-0.3, -0.25) is 4.79 Å². The molecule has 0 aromatic heterocycles. The summed E-state index contributed by atoms with van der Waals surface area (Å²) < 4.78 is 6.54. The summed E-state index contributed by atoms with van der Waals surface area (Å²) in [7, 11) is 0. The van der Waals surface area contributed by atoms with Crippen LogP contribution in [0.2, 0.25) is 0 Å². The molecule has 24 heavy (non-hydrogen) atoms. The number of hydrogen-bond donors (Lipinski definition) is 1. The lowest BCUT2D eigenvalue weighted by molar-refractivity contribution is -0.182. The van der Waals surface area contributed by atoms with E-state index in [0.717, 1.165) is 23.3 Å². The topological polar surface area (TPSA) is 38.3 Å². The lowest BCUT2D eigenvalue weighted by Gasteiger charge is -2.57. The molecule has 3 heteroatoms. The van der Waals surface area contributed by atoms with Gasteiger partial charge in [-0.15, -0.1) is 0 Å². The van der Waals surface area contributed by atoms with Crippen molar-refractivity contribution in [3.05, 3.63) is 35.4 Å². The zero-order valence-corrected chi connectivity index (χ0v) is 14.9. The van der Waals surface area contributed by atoms with Crippen LogP contribution in [0.3, 0.4) is 0 Å². The Bertz CT molecular complexity index is 571. The van der Waals surface area contributed by atoms with Crippen LogP contribution in [-0.2, 0) is 4.74 Å². The first kappa shape index (κ1) is 16.1. The van der Waals surface area contributed by atoms with E-state index < -0.39 is 0 Å². The van der Waals surface area contributed by atoms with Crippen molar-refractivity contribution in [2.75, 3.05) is 6.54 Å². The van der Waals surface area contributed by atoms with E-state index in [1.807, 2.05) is 31.2 Å². The fourth-order valence-electron chi connectivity index (χ4n) is 5.69. The summed E-state index contributed by atoms with van der Waals surface area (Å²) in [5.74, 6) is 2.68. The summed E-state index contributed by atoms with van der Waals surface area (Å²) >= 11 is 0. The van der Waals surface area contributed by atoms with Gasteiger partial charge in [0.25, 0.3) is 5.91 Å². The number of aryl methyl sites for hydroxylation is 1. The first-order valence-electron chi connectivity index (χ1n) is 9.54. The number of benzene rings is 1. The minimum absolute atomic E-state index is 0.00374. The minimum atomic E-state index is -0.00374. The number of amides is 1. The van der Waals surface area contributed by atoms with E-state index in [0.29, 0.717) is 6.54 Å². The molecule has 4 fully saturated rings. The third kappa shape index (κ3) is 3.23. The maximum absolute atomic E-state index is 12.3. The number of nitrogens with one attached hydrogen (secondary N) is 1. The zero-order chi connectivity index (χ0) is 16.7. The van der Waals surface area contributed by atoms with Crippen LogP contribution in [0.4, 0.5) is 0 Å². The van der Waals surface area contributed by atoms with Crippen molar-refractivity contribution in [2.24, 2.45) is 17.8 Å². The molecule has 4 bridgehead atoms. The number of rotatable bonds is 5. The van der Waals surface area contributed by atoms with Crippen LogP contribution in [0, 0.1) is 24.7 Å². The second-order valence-electron chi connectivity index (χ2n) is 8.61. The van der Waals surface area contributed by atoms with Crippen LogP contribution < -0.4 is 5.32 Å². The molecular weight excluding hydrogens is 298 g/mol. The number of carbonyl (C=O) groups excluding carboxylic acids is 1. The maximum Gasteiger partial charge on any atom is 0.251 e. The summed E-state index contributed by atoms with van der Waals surface area (Å²) in [5.41, 5.74) is 2.01. The highest BCUT2D eigenvalue weighted by atomic mass is 16.5. The zero-order valence-electron chi connectivity index (χ0n) is 14.9. The molecule has 0 spiro atoms. The Morgan fingerprint density at radius 2 is 1.67 bits per heavy atom. The number of carbonyl (C=O) groups is 1. The monoisotopic (exact) mass is 327 g/mol. The standard InChI is InChI=1S/C21H29NO2/c1-14-3-5-19(6-4-14)20(23)22-13-15(2)24-21-10-16-7-17(11-21)9-18(8-16)12-21/h3-6,15-18H,7-13H2,1-2H3,(H,22,23)/t15-,16?,17?,18?,21?/m0/s1. The molecule has 4 aliphatic carbocycles. The van der Waals surface area contributed by atoms with Gasteiger partial charge >= 0.3 is 0 Å². The number of hydrogen-bond acceptors (Lipinski definition) is 2.